The smallest absolute Gasteiger partial charge is 0.298 e. The molecule has 5 heteroatoms. The number of rotatable bonds is 1. The summed E-state index contributed by atoms with van der Waals surface area (Å²) in [4.78, 5) is 4.79. The van der Waals surface area contributed by atoms with E-state index in [1.807, 2.05) is 0 Å². The van der Waals surface area contributed by atoms with E-state index in [0.717, 1.165) is 12.1 Å². The highest BCUT2D eigenvalue weighted by atomic mass is 19.4. The Morgan fingerprint density at radius 3 is 2.53 bits per heavy atom. The van der Waals surface area contributed by atoms with Crippen molar-refractivity contribution >= 4 is 0 Å². The van der Waals surface area contributed by atoms with E-state index < -0.39 is 17.3 Å². The van der Waals surface area contributed by atoms with Crippen molar-refractivity contribution < 1.29 is 18.0 Å². The van der Waals surface area contributed by atoms with Gasteiger partial charge in [0.2, 0.25) is 0 Å². The second-order valence-electron chi connectivity index (χ2n) is 3.80. The first-order chi connectivity index (χ1) is 6.92. The summed E-state index contributed by atoms with van der Waals surface area (Å²) in [5.41, 5.74) is 2.11. The van der Waals surface area contributed by atoms with Gasteiger partial charge in [0.15, 0.2) is 0 Å². The highest BCUT2D eigenvalue weighted by Gasteiger charge is 2.37. The molecule has 1 fully saturated rings. The molecule has 1 atom stereocenters. The topological polar surface area (TPSA) is 21.3 Å². The van der Waals surface area contributed by atoms with Crippen molar-refractivity contribution in [2.75, 3.05) is 6.61 Å². The summed E-state index contributed by atoms with van der Waals surface area (Å²) in [5.74, 6) is 0. The van der Waals surface area contributed by atoms with Crippen LogP contribution in [0, 0.1) is 0 Å². The van der Waals surface area contributed by atoms with Crippen LogP contribution in [0.3, 0.4) is 0 Å². The summed E-state index contributed by atoms with van der Waals surface area (Å²) in [6, 6.07) is 5.27. The quantitative estimate of drug-likeness (QED) is 0.780. The first kappa shape index (κ1) is 10.4. The van der Waals surface area contributed by atoms with Gasteiger partial charge in [0.05, 0.1) is 17.7 Å². The molecule has 1 aliphatic heterocycles. The van der Waals surface area contributed by atoms with Gasteiger partial charge in [0, 0.05) is 0 Å². The SMILES string of the molecule is CC1(c2cccc(C(F)(F)F)c2)CON1. The molecular formula is C10H10F3NO. The molecule has 0 amide bonds. The van der Waals surface area contributed by atoms with Crippen LogP contribution in [0.5, 0.6) is 0 Å². The number of hydrogen-bond acceptors (Lipinski definition) is 2. The van der Waals surface area contributed by atoms with Gasteiger partial charge in [-0.1, -0.05) is 12.1 Å². The predicted octanol–water partition coefficient (Wildman–Crippen LogP) is 2.46. The lowest BCUT2D eigenvalue weighted by molar-refractivity contribution is -0.156. The molecule has 0 aliphatic carbocycles. The lowest BCUT2D eigenvalue weighted by Crippen LogP contribution is -2.54. The summed E-state index contributed by atoms with van der Waals surface area (Å²) in [6.45, 7) is 2.18. The molecule has 1 unspecified atom stereocenters. The minimum Gasteiger partial charge on any atom is -0.298 e. The number of nitrogens with one attached hydrogen (secondary N) is 1. The first-order valence-electron chi connectivity index (χ1n) is 4.48. The van der Waals surface area contributed by atoms with Gasteiger partial charge in [-0.15, -0.1) is 0 Å². The maximum atomic E-state index is 12.4. The van der Waals surface area contributed by atoms with E-state index in [4.69, 9.17) is 4.84 Å². The van der Waals surface area contributed by atoms with E-state index >= 15 is 0 Å². The zero-order valence-electron chi connectivity index (χ0n) is 8.06. The van der Waals surface area contributed by atoms with Crippen LogP contribution in [0.4, 0.5) is 13.2 Å². The molecule has 0 saturated carbocycles. The maximum absolute atomic E-state index is 12.4. The van der Waals surface area contributed by atoms with Gasteiger partial charge in [-0.3, -0.25) is 4.84 Å². The molecule has 0 spiro atoms. The third-order valence-electron chi connectivity index (χ3n) is 2.49. The second kappa shape index (κ2) is 3.21. The maximum Gasteiger partial charge on any atom is 0.416 e. The predicted molar refractivity (Wildman–Crippen MR) is 47.9 cm³/mol. The van der Waals surface area contributed by atoms with Crippen LogP contribution in [-0.2, 0) is 16.6 Å². The Kier molecular flexibility index (Phi) is 2.24. The zero-order chi connectivity index (χ0) is 11.1. The van der Waals surface area contributed by atoms with Crippen molar-refractivity contribution in [3.63, 3.8) is 0 Å². The van der Waals surface area contributed by atoms with E-state index in [1.54, 1.807) is 13.0 Å². The third-order valence-corrected chi connectivity index (χ3v) is 2.49. The molecule has 0 radical (unpaired) electrons. The largest absolute Gasteiger partial charge is 0.416 e. The summed E-state index contributed by atoms with van der Waals surface area (Å²) >= 11 is 0. The summed E-state index contributed by atoms with van der Waals surface area (Å²) in [5, 5.41) is 0. The Morgan fingerprint density at radius 1 is 1.40 bits per heavy atom. The molecule has 1 N–H and O–H groups in total. The van der Waals surface area contributed by atoms with Crippen LogP contribution in [0.25, 0.3) is 0 Å². The number of alkyl halides is 3. The minimum atomic E-state index is -4.29. The average molecular weight is 217 g/mol. The molecule has 15 heavy (non-hydrogen) atoms. The van der Waals surface area contributed by atoms with Gasteiger partial charge in [-0.2, -0.15) is 18.7 Å². The van der Waals surface area contributed by atoms with E-state index in [9.17, 15) is 13.2 Å². The fourth-order valence-electron chi connectivity index (χ4n) is 1.47. The molecule has 1 aromatic carbocycles. The summed E-state index contributed by atoms with van der Waals surface area (Å²) in [7, 11) is 0. The van der Waals surface area contributed by atoms with Gasteiger partial charge < -0.3 is 0 Å². The zero-order valence-corrected chi connectivity index (χ0v) is 8.06. The second-order valence-corrected chi connectivity index (χ2v) is 3.80. The molecule has 0 aromatic heterocycles. The average Bonchev–Trinajstić information content (AvgIpc) is 2.13. The van der Waals surface area contributed by atoms with Gasteiger partial charge in [0.1, 0.15) is 0 Å². The number of benzene rings is 1. The highest BCUT2D eigenvalue weighted by Crippen LogP contribution is 2.33. The van der Waals surface area contributed by atoms with Crippen LogP contribution in [0.2, 0.25) is 0 Å². The van der Waals surface area contributed by atoms with Crippen molar-refractivity contribution in [2.24, 2.45) is 0 Å². The monoisotopic (exact) mass is 217 g/mol. The molecule has 82 valence electrons. The molecule has 2 nitrogen and oxygen atoms in total. The van der Waals surface area contributed by atoms with Crippen molar-refractivity contribution in [1.82, 2.24) is 5.48 Å². The number of hydroxylamine groups is 1. The van der Waals surface area contributed by atoms with Gasteiger partial charge in [-0.25, -0.2) is 0 Å². The Balaban J connectivity index is 2.35. The normalized spacial score (nSPS) is 26.1. The molecule has 2 rings (SSSR count). The van der Waals surface area contributed by atoms with Gasteiger partial charge in [0.25, 0.3) is 0 Å². The fraction of sp³-hybridized carbons (Fsp3) is 0.400. The number of hydrogen-bond donors (Lipinski definition) is 1. The first-order valence-corrected chi connectivity index (χ1v) is 4.48. The van der Waals surface area contributed by atoms with Crippen LogP contribution in [-0.4, -0.2) is 6.61 Å². The fourth-order valence-corrected chi connectivity index (χ4v) is 1.47. The molecule has 1 aromatic rings. The third kappa shape index (κ3) is 1.85. The van der Waals surface area contributed by atoms with Crippen molar-refractivity contribution in [3.8, 4) is 0 Å². The Morgan fingerprint density at radius 2 is 2.07 bits per heavy atom. The molecular weight excluding hydrogens is 207 g/mol. The Bertz CT molecular complexity index is 371. The minimum absolute atomic E-state index is 0.383. The molecule has 1 saturated heterocycles. The van der Waals surface area contributed by atoms with Crippen LogP contribution in [0.1, 0.15) is 18.1 Å². The Hall–Kier alpha value is -1.07. The van der Waals surface area contributed by atoms with Crippen molar-refractivity contribution in [2.45, 2.75) is 18.6 Å². The Labute approximate surface area is 85.0 Å². The highest BCUT2D eigenvalue weighted by molar-refractivity contribution is 5.31. The molecule has 0 bridgehead atoms. The van der Waals surface area contributed by atoms with Crippen LogP contribution < -0.4 is 5.48 Å². The standard InChI is InChI=1S/C10H10F3NO/c1-9(6-15-14-9)7-3-2-4-8(5-7)10(11,12)13/h2-5,14H,6H2,1H3. The van der Waals surface area contributed by atoms with E-state index in [-0.39, 0.29) is 0 Å². The van der Waals surface area contributed by atoms with Crippen molar-refractivity contribution in [1.29, 1.82) is 0 Å². The number of halogens is 3. The molecule has 1 aliphatic rings. The summed E-state index contributed by atoms with van der Waals surface area (Å²) < 4.78 is 37.3. The lowest BCUT2D eigenvalue weighted by Gasteiger charge is -2.39. The lowest BCUT2D eigenvalue weighted by atomic mass is 9.91. The summed E-state index contributed by atoms with van der Waals surface area (Å²) in [6.07, 6.45) is -4.29. The molecule has 1 heterocycles. The van der Waals surface area contributed by atoms with Crippen LogP contribution >= 0.6 is 0 Å². The van der Waals surface area contributed by atoms with Gasteiger partial charge >= 0.3 is 6.18 Å². The van der Waals surface area contributed by atoms with Crippen molar-refractivity contribution in [3.05, 3.63) is 35.4 Å². The van der Waals surface area contributed by atoms with E-state index in [2.05, 4.69) is 5.48 Å². The van der Waals surface area contributed by atoms with E-state index in [1.165, 1.54) is 6.07 Å². The van der Waals surface area contributed by atoms with Gasteiger partial charge in [-0.05, 0) is 24.6 Å². The van der Waals surface area contributed by atoms with E-state index in [0.29, 0.717) is 12.2 Å². The van der Waals surface area contributed by atoms with Crippen LogP contribution in [0.15, 0.2) is 24.3 Å².